The minimum Gasteiger partial charge on any atom is -0.478 e. The van der Waals surface area contributed by atoms with Gasteiger partial charge in [-0.2, -0.15) is 0 Å². The van der Waals surface area contributed by atoms with Crippen molar-refractivity contribution in [2.24, 2.45) is 5.73 Å². The zero-order valence-electron chi connectivity index (χ0n) is 11.7. The topological polar surface area (TPSA) is 156 Å². The number of carbonyl (C=O) groups excluding carboxylic acids is 2. The standard InChI is InChI=1S/C11H15N3O6S2/c1-5(2)22(19,20)13-4-6-3-7(11(17)18)10(21-6)14-9(16)8(12)15/h3,5,13H,4H2,1-2H3,(H2,12,15)(H,14,16)(H,17,18). The van der Waals surface area contributed by atoms with Gasteiger partial charge in [-0.25, -0.2) is 17.9 Å². The van der Waals surface area contributed by atoms with E-state index < -0.39 is 33.1 Å². The van der Waals surface area contributed by atoms with Crippen LogP contribution in [0.4, 0.5) is 5.00 Å². The predicted molar refractivity (Wildman–Crippen MR) is 80.0 cm³/mol. The number of hydrogen-bond acceptors (Lipinski definition) is 6. The Labute approximate surface area is 130 Å². The van der Waals surface area contributed by atoms with Crippen LogP contribution in [-0.2, 0) is 26.2 Å². The van der Waals surface area contributed by atoms with Crippen molar-refractivity contribution >= 4 is 44.1 Å². The quantitative estimate of drug-likeness (QED) is 0.517. The molecule has 0 atom stereocenters. The highest BCUT2D eigenvalue weighted by atomic mass is 32.2. The molecule has 1 aromatic heterocycles. The average Bonchev–Trinajstić information content (AvgIpc) is 2.79. The van der Waals surface area contributed by atoms with Gasteiger partial charge in [0.05, 0.1) is 10.8 Å². The minimum atomic E-state index is -3.51. The van der Waals surface area contributed by atoms with Crippen molar-refractivity contribution in [3.05, 3.63) is 16.5 Å². The summed E-state index contributed by atoms with van der Waals surface area (Å²) in [5.41, 5.74) is 4.53. The number of carboxylic acids is 1. The second-order valence-electron chi connectivity index (χ2n) is 4.49. The van der Waals surface area contributed by atoms with Gasteiger partial charge in [0, 0.05) is 11.4 Å². The molecule has 0 bridgehead atoms. The van der Waals surface area contributed by atoms with Crippen molar-refractivity contribution < 1.29 is 27.9 Å². The fourth-order valence-corrected chi connectivity index (χ4v) is 3.05. The third kappa shape index (κ3) is 4.51. The summed E-state index contributed by atoms with van der Waals surface area (Å²) in [7, 11) is -3.51. The van der Waals surface area contributed by atoms with Crippen molar-refractivity contribution in [1.29, 1.82) is 0 Å². The fourth-order valence-electron chi connectivity index (χ4n) is 1.28. The number of nitrogens with one attached hydrogen (secondary N) is 2. The number of sulfonamides is 1. The molecule has 0 fully saturated rings. The minimum absolute atomic E-state index is 0.0879. The smallest absolute Gasteiger partial charge is 0.338 e. The van der Waals surface area contributed by atoms with Gasteiger partial charge in [-0.3, -0.25) is 9.59 Å². The first kappa shape index (κ1) is 18.1. The van der Waals surface area contributed by atoms with Crippen molar-refractivity contribution in [3.63, 3.8) is 0 Å². The largest absolute Gasteiger partial charge is 0.478 e. The first-order valence-electron chi connectivity index (χ1n) is 6.00. The summed E-state index contributed by atoms with van der Waals surface area (Å²) in [5.74, 6) is -3.74. The van der Waals surface area contributed by atoms with Crippen LogP contribution in [0.1, 0.15) is 29.1 Å². The van der Waals surface area contributed by atoms with E-state index in [-0.39, 0.29) is 17.1 Å². The summed E-state index contributed by atoms with van der Waals surface area (Å²) >= 11 is 0.838. The van der Waals surface area contributed by atoms with E-state index in [1.807, 2.05) is 0 Å². The Hall–Kier alpha value is -1.98. The summed E-state index contributed by atoms with van der Waals surface area (Å²) in [6.45, 7) is 2.87. The van der Waals surface area contributed by atoms with Gasteiger partial charge >= 0.3 is 17.8 Å². The SMILES string of the molecule is CC(C)S(=O)(=O)NCc1cc(C(=O)O)c(NC(=O)C(N)=O)s1. The first-order valence-corrected chi connectivity index (χ1v) is 8.36. The molecule has 0 aliphatic carbocycles. The van der Waals surface area contributed by atoms with Gasteiger partial charge in [0.2, 0.25) is 10.0 Å². The molecule has 0 aromatic carbocycles. The molecule has 0 saturated heterocycles. The van der Waals surface area contributed by atoms with Crippen LogP contribution in [0.25, 0.3) is 0 Å². The van der Waals surface area contributed by atoms with E-state index in [1.54, 1.807) is 0 Å². The van der Waals surface area contributed by atoms with E-state index >= 15 is 0 Å². The van der Waals surface area contributed by atoms with Crippen molar-refractivity contribution in [2.75, 3.05) is 5.32 Å². The predicted octanol–water partition coefficient (Wildman–Crippen LogP) is -0.302. The molecule has 5 N–H and O–H groups in total. The molecule has 22 heavy (non-hydrogen) atoms. The molecular weight excluding hydrogens is 334 g/mol. The number of anilines is 1. The van der Waals surface area contributed by atoms with Crippen LogP contribution in [0.3, 0.4) is 0 Å². The molecule has 1 aromatic rings. The van der Waals surface area contributed by atoms with Gasteiger partial charge in [0.25, 0.3) is 0 Å². The fraction of sp³-hybridized carbons (Fsp3) is 0.364. The molecule has 1 heterocycles. The first-order chi connectivity index (χ1) is 10.0. The molecule has 0 aliphatic heterocycles. The van der Waals surface area contributed by atoms with E-state index in [9.17, 15) is 22.8 Å². The monoisotopic (exact) mass is 349 g/mol. The zero-order valence-corrected chi connectivity index (χ0v) is 13.4. The number of thiophene rings is 1. The Kier molecular flexibility index (Phi) is 5.63. The molecule has 0 radical (unpaired) electrons. The number of hydrogen-bond donors (Lipinski definition) is 4. The van der Waals surface area contributed by atoms with Crippen LogP contribution in [-0.4, -0.2) is 36.6 Å². The summed E-state index contributed by atoms with van der Waals surface area (Å²) in [5, 5.41) is 10.4. The number of nitrogens with two attached hydrogens (primary N) is 1. The molecule has 0 saturated carbocycles. The molecule has 1 rings (SSSR count). The van der Waals surface area contributed by atoms with Crippen molar-refractivity contribution in [2.45, 2.75) is 25.6 Å². The lowest BCUT2D eigenvalue weighted by atomic mass is 10.3. The lowest BCUT2D eigenvalue weighted by Crippen LogP contribution is -2.30. The van der Waals surface area contributed by atoms with Crippen LogP contribution in [0.5, 0.6) is 0 Å². The van der Waals surface area contributed by atoms with Gasteiger partial charge < -0.3 is 16.2 Å². The number of carbonyl (C=O) groups is 3. The molecule has 11 heteroatoms. The Morgan fingerprint density at radius 1 is 1.36 bits per heavy atom. The molecule has 2 amide bonds. The molecule has 0 spiro atoms. The van der Waals surface area contributed by atoms with E-state index in [2.05, 4.69) is 10.0 Å². The van der Waals surface area contributed by atoms with Crippen molar-refractivity contribution in [1.82, 2.24) is 4.72 Å². The highest BCUT2D eigenvalue weighted by Crippen LogP contribution is 2.28. The van der Waals surface area contributed by atoms with Crippen LogP contribution in [0.2, 0.25) is 0 Å². The van der Waals surface area contributed by atoms with Crippen LogP contribution < -0.4 is 15.8 Å². The Morgan fingerprint density at radius 3 is 2.41 bits per heavy atom. The van der Waals surface area contributed by atoms with Gasteiger partial charge in [0.1, 0.15) is 5.00 Å². The maximum absolute atomic E-state index is 11.6. The maximum Gasteiger partial charge on any atom is 0.338 e. The van der Waals surface area contributed by atoms with Gasteiger partial charge in [-0.1, -0.05) is 0 Å². The van der Waals surface area contributed by atoms with E-state index in [1.165, 1.54) is 19.9 Å². The maximum atomic E-state index is 11.6. The second-order valence-corrected chi connectivity index (χ2v) is 7.95. The Bertz CT molecular complexity index is 707. The molecule has 122 valence electrons. The highest BCUT2D eigenvalue weighted by molar-refractivity contribution is 7.90. The molecule has 0 unspecified atom stereocenters. The number of carboxylic acid groups (broad SMARTS) is 1. The number of primary amides is 1. The number of aromatic carboxylic acids is 1. The van der Waals surface area contributed by atoms with Crippen LogP contribution >= 0.6 is 11.3 Å². The van der Waals surface area contributed by atoms with E-state index in [4.69, 9.17) is 10.8 Å². The van der Waals surface area contributed by atoms with Crippen LogP contribution in [0, 0.1) is 0 Å². The summed E-state index contributed by atoms with van der Waals surface area (Å²) in [6.07, 6.45) is 0. The number of amides is 2. The Balaban J connectivity index is 2.97. The van der Waals surface area contributed by atoms with Crippen molar-refractivity contribution in [3.8, 4) is 0 Å². The second kappa shape index (κ2) is 6.85. The summed E-state index contributed by atoms with van der Waals surface area (Å²) in [4.78, 5) is 33.4. The lowest BCUT2D eigenvalue weighted by molar-refractivity contribution is -0.134. The Morgan fingerprint density at radius 2 is 1.95 bits per heavy atom. The third-order valence-corrected chi connectivity index (χ3v) is 5.37. The van der Waals surface area contributed by atoms with Gasteiger partial charge in [-0.15, -0.1) is 11.3 Å². The lowest BCUT2D eigenvalue weighted by Gasteiger charge is -2.07. The van der Waals surface area contributed by atoms with Gasteiger partial charge in [0.15, 0.2) is 0 Å². The average molecular weight is 349 g/mol. The van der Waals surface area contributed by atoms with Crippen LogP contribution in [0.15, 0.2) is 6.07 Å². The molecule has 9 nitrogen and oxygen atoms in total. The van der Waals surface area contributed by atoms with Gasteiger partial charge in [-0.05, 0) is 19.9 Å². The molecule has 0 aliphatic rings. The normalized spacial score (nSPS) is 11.4. The van der Waals surface area contributed by atoms with E-state index in [0.717, 1.165) is 11.3 Å². The molecular formula is C11H15N3O6S2. The highest BCUT2D eigenvalue weighted by Gasteiger charge is 2.21. The zero-order chi connectivity index (χ0) is 17.1. The van der Waals surface area contributed by atoms with E-state index in [0.29, 0.717) is 4.88 Å². The summed E-state index contributed by atoms with van der Waals surface area (Å²) < 4.78 is 25.6. The summed E-state index contributed by atoms with van der Waals surface area (Å²) in [6, 6.07) is 1.21. The third-order valence-electron chi connectivity index (χ3n) is 2.53. The number of rotatable bonds is 6.